The third kappa shape index (κ3) is 4.86. The summed E-state index contributed by atoms with van der Waals surface area (Å²) in [6, 6.07) is 4.29. The summed E-state index contributed by atoms with van der Waals surface area (Å²) in [7, 11) is 0. The molecule has 1 heterocycles. The summed E-state index contributed by atoms with van der Waals surface area (Å²) < 4.78 is 0. The molecule has 1 N–H and O–H groups in total. The molecule has 0 aromatic carbocycles. The van der Waals surface area contributed by atoms with Gasteiger partial charge in [0, 0.05) is 17.4 Å². The molecular formula is C15H26N2. The maximum atomic E-state index is 4.38. The third-order valence-electron chi connectivity index (χ3n) is 3.10. The predicted molar refractivity (Wildman–Crippen MR) is 74.4 cm³/mol. The van der Waals surface area contributed by atoms with Crippen LogP contribution in [0.2, 0.25) is 0 Å². The first-order valence-corrected chi connectivity index (χ1v) is 6.39. The lowest BCUT2D eigenvalue weighted by atomic mass is 9.82. The Morgan fingerprint density at radius 3 is 2.24 bits per heavy atom. The second-order valence-corrected chi connectivity index (χ2v) is 6.50. The van der Waals surface area contributed by atoms with Crippen molar-refractivity contribution >= 4 is 0 Å². The number of rotatable bonds is 4. The van der Waals surface area contributed by atoms with Gasteiger partial charge in [0.15, 0.2) is 0 Å². The molecule has 0 unspecified atom stereocenters. The van der Waals surface area contributed by atoms with Crippen LogP contribution < -0.4 is 5.32 Å². The van der Waals surface area contributed by atoms with Gasteiger partial charge in [-0.3, -0.25) is 4.98 Å². The molecule has 0 fully saturated rings. The first-order chi connectivity index (χ1) is 7.71. The number of hydrogen-bond acceptors (Lipinski definition) is 2. The molecule has 96 valence electrons. The summed E-state index contributed by atoms with van der Waals surface area (Å²) in [5.74, 6) is 0. The predicted octanol–water partition coefficient (Wildman–Crippen LogP) is 3.45. The molecule has 2 heteroatoms. The SMILES string of the molecule is Cc1ccc(C(C)(C)CCNC(C)(C)C)cn1. The second kappa shape index (κ2) is 5.18. The van der Waals surface area contributed by atoms with Crippen molar-refractivity contribution in [2.24, 2.45) is 0 Å². The highest BCUT2D eigenvalue weighted by molar-refractivity contribution is 5.21. The maximum Gasteiger partial charge on any atom is 0.0372 e. The standard InChI is InChI=1S/C15H26N2/c1-12-7-8-13(11-16-12)15(5,6)9-10-17-14(2,3)4/h7-8,11,17H,9-10H2,1-6H3. The highest BCUT2D eigenvalue weighted by Gasteiger charge is 2.21. The summed E-state index contributed by atoms with van der Waals surface area (Å²) in [6.45, 7) is 14.2. The molecule has 1 rings (SSSR count). The van der Waals surface area contributed by atoms with E-state index in [1.54, 1.807) is 0 Å². The van der Waals surface area contributed by atoms with Crippen LogP contribution in [0, 0.1) is 6.92 Å². The Morgan fingerprint density at radius 1 is 1.12 bits per heavy atom. The summed E-state index contributed by atoms with van der Waals surface area (Å²) >= 11 is 0. The van der Waals surface area contributed by atoms with Gasteiger partial charge in [0.25, 0.3) is 0 Å². The Morgan fingerprint density at radius 2 is 1.76 bits per heavy atom. The summed E-state index contributed by atoms with van der Waals surface area (Å²) in [4.78, 5) is 4.38. The Balaban J connectivity index is 2.59. The minimum absolute atomic E-state index is 0.180. The van der Waals surface area contributed by atoms with Crippen molar-refractivity contribution in [2.45, 2.75) is 58.9 Å². The van der Waals surface area contributed by atoms with Crippen LogP contribution in [0.1, 0.15) is 52.3 Å². The molecule has 0 aliphatic rings. The molecule has 0 aliphatic carbocycles. The van der Waals surface area contributed by atoms with Gasteiger partial charge in [0.1, 0.15) is 0 Å². The van der Waals surface area contributed by atoms with Crippen molar-refractivity contribution in [3.05, 3.63) is 29.6 Å². The number of aryl methyl sites for hydroxylation is 1. The molecule has 1 aromatic heterocycles. The lowest BCUT2D eigenvalue weighted by molar-refractivity contribution is 0.379. The normalized spacial score (nSPS) is 12.8. The maximum absolute atomic E-state index is 4.38. The van der Waals surface area contributed by atoms with Crippen LogP contribution in [0.25, 0.3) is 0 Å². The van der Waals surface area contributed by atoms with Gasteiger partial charge in [-0.15, -0.1) is 0 Å². The quantitative estimate of drug-likeness (QED) is 0.863. The van der Waals surface area contributed by atoms with Crippen LogP contribution in [0.3, 0.4) is 0 Å². The van der Waals surface area contributed by atoms with E-state index >= 15 is 0 Å². The lowest BCUT2D eigenvalue weighted by Crippen LogP contribution is -2.38. The van der Waals surface area contributed by atoms with Crippen molar-refractivity contribution in [3.63, 3.8) is 0 Å². The van der Waals surface area contributed by atoms with Gasteiger partial charge in [-0.2, -0.15) is 0 Å². The van der Waals surface area contributed by atoms with Crippen molar-refractivity contribution in [1.82, 2.24) is 10.3 Å². The second-order valence-electron chi connectivity index (χ2n) is 6.50. The smallest absolute Gasteiger partial charge is 0.0372 e. The van der Waals surface area contributed by atoms with E-state index in [0.29, 0.717) is 0 Å². The molecular weight excluding hydrogens is 208 g/mol. The lowest BCUT2D eigenvalue weighted by Gasteiger charge is -2.28. The molecule has 0 atom stereocenters. The van der Waals surface area contributed by atoms with Crippen LogP contribution in [-0.4, -0.2) is 17.1 Å². The zero-order valence-corrected chi connectivity index (χ0v) is 12.1. The Kier molecular flexibility index (Phi) is 4.31. The van der Waals surface area contributed by atoms with Crippen molar-refractivity contribution in [1.29, 1.82) is 0 Å². The number of nitrogens with zero attached hydrogens (tertiary/aromatic N) is 1. The van der Waals surface area contributed by atoms with Gasteiger partial charge in [-0.1, -0.05) is 19.9 Å². The first kappa shape index (κ1) is 14.2. The first-order valence-electron chi connectivity index (χ1n) is 6.39. The van der Waals surface area contributed by atoms with Gasteiger partial charge < -0.3 is 5.32 Å². The van der Waals surface area contributed by atoms with E-state index < -0.39 is 0 Å². The van der Waals surface area contributed by atoms with E-state index in [9.17, 15) is 0 Å². The van der Waals surface area contributed by atoms with E-state index in [1.807, 2.05) is 13.1 Å². The van der Waals surface area contributed by atoms with Gasteiger partial charge in [-0.05, 0) is 57.7 Å². The summed E-state index contributed by atoms with van der Waals surface area (Å²) in [5.41, 5.74) is 2.77. The van der Waals surface area contributed by atoms with Crippen molar-refractivity contribution in [2.75, 3.05) is 6.54 Å². The van der Waals surface area contributed by atoms with Crippen molar-refractivity contribution < 1.29 is 0 Å². The zero-order chi connectivity index (χ0) is 13.1. The van der Waals surface area contributed by atoms with Crippen LogP contribution in [0.5, 0.6) is 0 Å². The monoisotopic (exact) mass is 234 g/mol. The van der Waals surface area contributed by atoms with E-state index in [-0.39, 0.29) is 11.0 Å². The van der Waals surface area contributed by atoms with Gasteiger partial charge in [0.05, 0.1) is 0 Å². The molecule has 0 radical (unpaired) electrons. The highest BCUT2D eigenvalue weighted by atomic mass is 14.9. The van der Waals surface area contributed by atoms with Crippen LogP contribution in [-0.2, 0) is 5.41 Å². The average molecular weight is 234 g/mol. The molecule has 0 aliphatic heterocycles. The number of nitrogens with one attached hydrogen (secondary N) is 1. The topological polar surface area (TPSA) is 24.9 Å². The Bertz CT molecular complexity index is 344. The number of pyridine rings is 1. The Hall–Kier alpha value is -0.890. The molecule has 2 nitrogen and oxygen atoms in total. The fourth-order valence-electron chi connectivity index (χ4n) is 1.76. The van der Waals surface area contributed by atoms with Gasteiger partial charge >= 0.3 is 0 Å². The highest BCUT2D eigenvalue weighted by Crippen LogP contribution is 2.26. The molecule has 0 saturated heterocycles. The molecule has 1 aromatic rings. The fourth-order valence-corrected chi connectivity index (χ4v) is 1.76. The van der Waals surface area contributed by atoms with Crippen LogP contribution >= 0.6 is 0 Å². The number of hydrogen-bond donors (Lipinski definition) is 1. The third-order valence-corrected chi connectivity index (χ3v) is 3.10. The molecule has 0 spiro atoms. The fraction of sp³-hybridized carbons (Fsp3) is 0.667. The minimum Gasteiger partial charge on any atom is -0.312 e. The molecule has 0 saturated carbocycles. The van der Waals surface area contributed by atoms with Crippen molar-refractivity contribution in [3.8, 4) is 0 Å². The Labute approximate surface area is 106 Å². The molecule has 0 bridgehead atoms. The summed E-state index contributed by atoms with van der Waals surface area (Å²) in [5, 5.41) is 3.54. The van der Waals surface area contributed by atoms with E-state index in [0.717, 1.165) is 18.7 Å². The van der Waals surface area contributed by atoms with Crippen LogP contribution in [0.15, 0.2) is 18.3 Å². The zero-order valence-electron chi connectivity index (χ0n) is 12.1. The minimum atomic E-state index is 0.180. The van der Waals surface area contributed by atoms with E-state index in [2.05, 4.69) is 57.1 Å². The average Bonchev–Trinajstić information content (AvgIpc) is 2.15. The largest absolute Gasteiger partial charge is 0.312 e. The number of aromatic nitrogens is 1. The van der Waals surface area contributed by atoms with E-state index in [4.69, 9.17) is 0 Å². The van der Waals surface area contributed by atoms with E-state index in [1.165, 1.54) is 5.56 Å². The molecule has 0 amide bonds. The van der Waals surface area contributed by atoms with Crippen LogP contribution in [0.4, 0.5) is 0 Å². The van der Waals surface area contributed by atoms with Gasteiger partial charge in [-0.25, -0.2) is 0 Å². The van der Waals surface area contributed by atoms with Gasteiger partial charge in [0.2, 0.25) is 0 Å². The molecule has 17 heavy (non-hydrogen) atoms. The summed E-state index contributed by atoms with van der Waals surface area (Å²) in [6.07, 6.45) is 3.13.